The first-order valence-electron chi connectivity index (χ1n) is 6.56. The first-order chi connectivity index (χ1) is 9.79. The predicted molar refractivity (Wildman–Crippen MR) is 80.8 cm³/mol. The second-order valence-electron chi connectivity index (χ2n) is 5.74. The van der Waals surface area contributed by atoms with Gasteiger partial charge in [-0.15, -0.1) is 0 Å². The van der Waals surface area contributed by atoms with Gasteiger partial charge in [0.25, 0.3) is 0 Å². The summed E-state index contributed by atoms with van der Waals surface area (Å²) in [4.78, 5) is 14.9. The van der Waals surface area contributed by atoms with Gasteiger partial charge in [0, 0.05) is 5.56 Å². The summed E-state index contributed by atoms with van der Waals surface area (Å²) < 4.78 is 5.76. The number of carboxylic acids is 1. The Bertz CT molecular complexity index is 675. The molecule has 1 aromatic heterocycles. The normalized spacial score (nSPS) is 11.2. The molecular formula is C16H18N2O3. The molecule has 0 bridgehead atoms. The Kier molecular flexibility index (Phi) is 3.84. The van der Waals surface area contributed by atoms with Crippen molar-refractivity contribution in [3.05, 3.63) is 47.7 Å². The molecule has 0 saturated carbocycles. The number of para-hydroxylation sites is 1. The van der Waals surface area contributed by atoms with Gasteiger partial charge in [-0.25, -0.2) is 9.78 Å². The molecule has 3 N–H and O–H groups in total. The molecule has 2 rings (SSSR count). The Morgan fingerprint density at radius 1 is 1.19 bits per heavy atom. The molecule has 5 nitrogen and oxygen atoms in total. The first kappa shape index (κ1) is 14.8. The number of carboxylic acid groups (broad SMARTS) is 1. The molecule has 0 amide bonds. The lowest BCUT2D eigenvalue weighted by atomic mass is 9.86. The number of ether oxygens (including phenoxy) is 1. The zero-order valence-corrected chi connectivity index (χ0v) is 12.3. The predicted octanol–water partition coefficient (Wildman–Crippen LogP) is 3.45. The fourth-order valence-corrected chi connectivity index (χ4v) is 1.93. The standard InChI is InChI=1S/C16H18N2O3/c1-16(2,3)10-6-4-5-7-13(10)21-14-11(17)8-9-12(18-14)15(19)20/h4-9H,17H2,1-3H3,(H,19,20). The monoisotopic (exact) mass is 286 g/mol. The zero-order valence-electron chi connectivity index (χ0n) is 12.3. The quantitative estimate of drug-likeness (QED) is 0.902. The molecule has 110 valence electrons. The SMILES string of the molecule is CC(C)(C)c1ccccc1Oc1nc(C(=O)O)ccc1N. The molecule has 0 unspecified atom stereocenters. The lowest BCUT2D eigenvalue weighted by Gasteiger charge is -2.22. The van der Waals surface area contributed by atoms with Crippen molar-refractivity contribution in [2.24, 2.45) is 0 Å². The molecule has 21 heavy (non-hydrogen) atoms. The van der Waals surface area contributed by atoms with Crippen LogP contribution in [0.5, 0.6) is 11.6 Å². The van der Waals surface area contributed by atoms with Crippen molar-refractivity contribution in [2.75, 3.05) is 5.73 Å². The largest absolute Gasteiger partial charge is 0.477 e. The van der Waals surface area contributed by atoms with E-state index in [0.29, 0.717) is 11.4 Å². The fraction of sp³-hybridized carbons (Fsp3) is 0.250. The molecule has 0 aliphatic heterocycles. The minimum Gasteiger partial charge on any atom is -0.477 e. The van der Waals surface area contributed by atoms with Gasteiger partial charge in [0.05, 0.1) is 5.69 Å². The van der Waals surface area contributed by atoms with E-state index in [0.717, 1.165) is 5.56 Å². The van der Waals surface area contributed by atoms with E-state index in [9.17, 15) is 4.79 Å². The van der Waals surface area contributed by atoms with Crippen molar-refractivity contribution in [3.8, 4) is 11.6 Å². The molecule has 2 aromatic rings. The van der Waals surface area contributed by atoms with Crippen LogP contribution in [-0.2, 0) is 5.41 Å². The van der Waals surface area contributed by atoms with Crippen LogP contribution < -0.4 is 10.5 Å². The van der Waals surface area contributed by atoms with Crippen LogP contribution in [0.25, 0.3) is 0 Å². The van der Waals surface area contributed by atoms with Crippen LogP contribution in [0.15, 0.2) is 36.4 Å². The van der Waals surface area contributed by atoms with Gasteiger partial charge < -0.3 is 15.6 Å². The van der Waals surface area contributed by atoms with Gasteiger partial charge in [-0.05, 0) is 23.6 Å². The lowest BCUT2D eigenvalue weighted by molar-refractivity contribution is 0.0689. The molecule has 0 aliphatic rings. The summed E-state index contributed by atoms with van der Waals surface area (Å²) in [6.45, 7) is 6.21. The second-order valence-corrected chi connectivity index (χ2v) is 5.74. The van der Waals surface area contributed by atoms with E-state index in [-0.39, 0.29) is 17.0 Å². The molecule has 0 radical (unpaired) electrons. The van der Waals surface area contributed by atoms with Crippen LogP contribution in [0.1, 0.15) is 36.8 Å². The van der Waals surface area contributed by atoms with Crippen molar-refractivity contribution in [3.63, 3.8) is 0 Å². The summed E-state index contributed by atoms with van der Waals surface area (Å²) in [5.74, 6) is -0.401. The number of benzene rings is 1. The average molecular weight is 286 g/mol. The van der Waals surface area contributed by atoms with Gasteiger partial charge in [0.2, 0.25) is 5.88 Å². The zero-order chi connectivity index (χ0) is 15.6. The molecule has 0 saturated heterocycles. The van der Waals surface area contributed by atoms with E-state index in [4.69, 9.17) is 15.6 Å². The summed E-state index contributed by atoms with van der Waals surface area (Å²) in [7, 11) is 0. The first-order valence-corrected chi connectivity index (χ1v) is 6.56. The highest BCUT2D eigenvalue weighted by Crippen LogP contribution is 2.34. The molecule has 0 atom stereocenters. The minimum atomic E-state index is -1.12. The average Bonchev–Trinajstić information content (AvgIpc) is 2.40. The maximum absolute atomic E-state index is 11.0. The van der Waals surface area contributed by atoms with E-state index in [1.165, 1.54) is 12.1 Å². The number of hydrogen-bond acceptors (Lipinski definition) is 4. The van der Waals surface area contributed by atoms with Crippen molar-refractivity contribution in [2.45, 2.75) is 26.2 Å². The summed E-state index contributed by atoms with van der Waals surface area (Å²) in [6.07, 6.45) is 0. The Morgan fingerprint density at radius 3 is 2.48 bits per heavy atom. The molecule has 1 heterocycles. The van der Waals surface area contributed by atoms with Crippen molar-refractivity contribution >= 4 is 11.7 Å². The van der Waals surface area contributed by atoms with Gasteiger partial charge in [-0.3, -0.25) is 0 Å². The van der Waals surface area contributed by atoms with Crippen molar-refractivity contribution < 1.29 is 14.6 Å². The Hall–Kier alpha value is -2.56. The van der Waals surface area contributed by atoms with Gasteiger partial charge in [-0.2, -0.15) is 0 Å². The van der Waals surface area contributed by atoms with Crippen molar-refractivity contribution in [1.82, 2.24) is 4.98 Å². The minimum absolute atomic E-state index is 0.103. The number of carbonyl (C=O) groups is 1. The molecule has 5 heteroatoms. The van der Waals surface area contributed by atoms with Crippen LogP contribution in [0.2, 0.25) is 0 Å². The van der Waals surface area contributed by atoms with E-state index in [2.05, 4.69) is 25.8 Å². The molecule has 0 fully saturated rings. The highest BCUT2D eigenvalue weighted by Gasteiger charge is 2.20. The van der Waals surface area contributed by atoms with Crippen LogP contribution in [-0.4, -0.2) is 16.1 Å². The number of pyridine rings is 1. The van der Waals surface area contributed by atoms with Gasteiger partial charge in [0.1, 0.15) is 5.75 Å². The third kappa shape index (κ3) is 3.31. The number of aromatic nitrogens is 1. The summed E-state index contributed by atoms with van der Waals surface area (Å²) >= 11 is 0. The third-order valence-electron chi connectivity index (χ3n) is 3.01. The van der Waals surface area contributed by atoms with Crippen molar-refractivity contribution in [1.29, 1.82) is 0 Å². The number of rotatable bonds is 3. The van der Waals surface area contributed by atoms with Gasteiger partial charge in [0.15, 0.2) is 5.69 Å². The van der Waals surface area contributed by atoms with Gasteiger partial charge in [-0.1, -0.05) is 39.0 Å². The smallest absolute Gasteiger partial charge is 0.354 e. The number of aromatic carboxylic acids is 1. The summed E-state index contributed by atoms with van der Waals surface area (Å²) in [6, 6.07) is 10.4. The maximum Gasteiger partial charge on any atom is 0.354 e. The highest BCUT2D eigenvalue weighted by atomic mass is 16.5. The summed E-state index contributed by atoms with van der Waals surface area (Å²) in [5.41, 5.74) is 6.88. The van der Waals surface area contributed by atoms with Gasteiger partial charge >= 0.3 is 5.97 Å². The fourth-order valence-electron chi connectivity index (χ4n) is 1.93. The number of nitrogens with two attached hydrogens (primary N) is 1. The topological polar surface area (TPSA) is 85.4 Å². The number of nitrogen functional groups attached to an aromatic ring is 1. The third-order valence-corrected chi connectivity index (χ3v) is 3.01. The Labute approximate surface area is 123 Å². The van der Waals surface area contributed by atoms with E-state index >= 15 is 0 Å². The maximum atomic E-state index is 11.0. The number of nitrogens with zero attached hydrogens (tertiary/aromatic N) is 1. The molecular weight excluding hydrogens is 268 g/mol. The molecule has 0 aliphatic carbocycles. The summed E-state index contributed by atoms with van der Waals surface area (Å²) in [5, 5.41) is 8.99. The van der Waals surface area contributed by atoms with E-state index in [1.807, 2.05) is 24.3 Å². The number of hydrogen-bond donors (Lipinski definition) is 2. The Morgan fingerprint density at radius 2 is 1.86 bits per heavy atom. The number of anilines is 1. The Balaban J connectivity index is 2.44. The van der Waals surface area contributed by atoms with E-state index in [1.54, 1.807) is 0 Å². The van der Waals surface area contributed by atoms with Crippen LogP contribution in [0.3, 0.4) is 0 Å². The van der Waals surface area contributed by atoms with E-state index < -0.39 is 5.97 Å². The highest BCUT2D eigenvalue weighted by molar-refractivity contribution is 5.86. The second kappa shape index (κ2) is 5.44. The van der Waals surface area contributed by atoms with Crippen LogP contribution >= 0.6 is 0 Å². The molecule has 1 aromatic carbocycles. The molecule has 0 spiro atoms. The van der Waals surface area contributed by atoms with Crippen LogP contribution in [0, 0.1) is 0 Å². The lowest BCUT2D eigenvalue weighted by Crippen LogP contribution is -2.13. The van der Waals surface area contributed by atoms with Crippen LogP contribution in [0.4, 0.5) is 5.69 Å².